The van der Waals surface area contributed by atoms with E-state index in [4.69, 9.17) is 4.74 Å². The summed E-state index contributed by atoms with van der Waals surface area (Å²) in [7, 11) is 0. The van der Waals surface area contributed by atoms with Crippen LogP contribution in [0.2, 0.25) is 0 Å². The highest BCUT2D eigenvalue weighted by atomic mass is 16.5. The summed E-state index contributed by atoms with van der Waals surface area (Å²) < 4.78 is 5.86. The van der Waals surface area contributed by atoms with E-state index < -0.39 is 0 Å². The second-order valence-corrected chi connectivity index (χ2v) is 8.03. The molecule has 4 nitrogen and oxygen atoms in total. The van der Waals surface area contributed by atoms with Crippen LogP contribution in [0.5, 0.6) is 0 Å². The van der Waals surface area contributed by atoms with E-state index in [2.05, 4.69) is 62.9 Å². The lowest BCUT2D eigenvalue weighted by atomic mass is 9.96. The van der Waals surface area contributed by atoms with E-state index in [1.54, 1.807) is 0 Å². The van der Waals surface area contributed by atoms with Crippen molar-refractivity contribution in [3.63, 3.8) is 0 Å². The Kier molecular flexibility index (Phi) is 6.15. The molecule has 0 aromatic heterocycles. The second-order valence-electron chi connectivity index (χ2n) is 8.03. The molecule has 2 aliphatic rings. The van der Waals surface area contributed by atoms with Gasteiger partial charge in [-0.3, -0.25) is 9.69 Å². The fraction of sp³-hybridized carbons (Fsp3) is 0.591. The zero-order valence-corrected chi connectivity index (χ0v) is 16.5. The Morgan fingerprint density at radius 1 is 1.12 bits per heavy atom. The van der Waals surface area contributed by atoms with Crippen LogP contribution in [-0.4, -0.2) is 60.1 Å². The zero-order chi connectivity index (χ0) is 18.7. The molecule has 26 heavy (non-hydrogen) atoms. The van der Waals surface area contributed by atoms with Crippen molar-refractivity contribution in [2.45, 2.75) is 52.4 Å². The Balaban J connectivity index is 1.70. The summed E-state index contributed by atoms with van der Waals surface area (Å²) in [5, 5.41) is 0. The number of hydrogen-bond acceptors (Lipinski definition) is 3. The minimum absolute atomic E-state index is 0.0597. The van der Waals surface area contributed by atoms with Gasteiger partial charge in [0.1, 0.15) is 0 Å². The number of rotatable bonds is 4. The molecule has 0 aliphatic carbocycles. The van der Waals surface area contributed by atoms with E-state index in [1.165, 1.54) is 11.1 Å². The number of hydrogen-bond donors (Lipinski definition) is 0. The number of ether oxygens (including phenoxy) is 1. The Morgan fingerprint density at radius 3 is 2.31 bits per heavy atom. The van der Waals surface area contributed by atoms with Crippen molar-refractivity contribution >= 4 is 11.5 Å². The van der Waals surface area contributed by atoms with Crippen molar-refractivity contribution in [3.05, 3.63) is 42.0 Å². The van der Waals surface area contributed by atoms with Crippen LogP contribution < -0.4 is 0 Å². The van der Waals surface area contributed by atoms with E-state index in [1.807, 2.05) is 11.0 Å². The Labute approximate surface area is 157 Å². The molecule has 1 fully saturated rings. The van der Waals surface area contributed by atoms with Gasteiger partial charge in [-0.15, -0.1) is 0 Å². The molecular formula is C22H32N2O2. The van der Waals surface area contributed by atoms with Crippen LogP contribution in [-0.2, 0) is 9.53 Å². The summed E-state index contributed by atoms with van der Waals surface area (Å²) in [5.41, 5.74) is 2.63. The SMILES string of the molecule is CC1CN(C(C(=O)N2CC=C(c3ccccc3)CC2)C(C)C)CC(C)O1. The van der Waals surface area contributed by atoms with Crippen LogP contribution in [0.15, 0.2) is 36.4 Å². The molecule has 2 aliphatic heterocycles. The van der Waals surface area contributed by atoms with Gasteiger partial charge in [0.25, 0.3) is 0 Å². The first-order chi connectivity index (χ1) is 12.5. The van der Waals surface area contributed by atoms with Crippen LogP contribution in [0.4, 0.5) is 0 Å². The molecule has 1 saturated heterocycles. The van der Waals surface area contributed by atoms with Gasteiger partial charge in [0.2, 0.25) is 5.91 Å². The normalized spacial score (nSPS) is 25.9. The van der Waals surface area contributed by atoms with Crippen LogP contribution in [0.1, 0.15) is 39.7 Å². The first-order valence-corrected chi connectivity index (χ1v) is 9.88. The smallest absolute Gasteiger partial charge is 0.240 e. The number of benzene rings is 1. The van der Waals surface area contributed by atoms with Crippen LogP contribution in [0.25, 0.3) is 5.57 Å². The molecule has 3 atom stereocenters. The molecule has 3 rings (SSSR count). The molecule has 1 aromatic carbocycles. The molecule has 1 aromatic rings. The fourth-order valence-electron chi connectivity index (χ4n) is 4.28. The van der Waals surface area contributed by atoms with Gasteiger partial charge in [0.15, 0.2) is 0 Å². The first kappa shape index (κ1) is 19.1. The average molecular weight is 357 g/mol. The minimum Gasteiger partial charge on any atom is -0.373 e. The maximum Gasteiger partial charge on any atom is 0.240 e. The van der Waals surface area contributed by atoms with Crippen molar-refractivity contribution in [1.82, 2.24) is 9.80 Å². The number of carbonyl (C=O) groups is 1. The summed E-state index contributed by atoms with van der Waals surface area (Å²) in [5.74, 6) is 0.559. The standard InChI is InChI=1S/C22H32N2O2/c1-16(2)21(24-14-17(3)26-18(4)15-24)22(25)23-12-10-20(11-13-23)19-8-6-5-7-9-19/h5-10,16-18,21H,11-15H2,1-4H3. The van der Waals surface area contributed by atoms with Gasteiger partial charge in [-0.1, -0.05) is 50.3 Å². The summed E-state index contributed by atoms with van der Waals surface area (Å²) in [6.45, 7) is 11.7. The first-order valence-electron chi connectivity index (χ1n) is 9.88. The molecule has 2 heterocycles. The highest BCUT2D eigenvalue weighted by Crippen LogP contribution is 2.25. The molecule has 0 spiro atoms. The molecule has 0 bridgehead atoms. The van der Waals surface area contributed by atoms with Gasteiger partial charge >= 0.3 is 0 Å². The molecule has 3 unspecified atom stereocenters. The largest absolute Gasteiger partial charge is 0.373 e. The van der Waals surface area contributed by atoms with Crippen LogP contribution in [0, 0.1) is 5.92 Å². The minimum atomic E-state index is -0.0597. The fourth-order valence-corrected chi connectivity index (χ4v) is 4.28. The molecule has 0 radical (unpaired) electrons. The lowest BCUT2D eigenvalue weighted by molar-refractivity contribution is -0.145. The van der Waals surface area contributed by atoms with Gasteiger partial charge in [-0.05, 0) is 37.3 Å². The van der Waals surface area contributed by atoms with Crippen molar-refractivity contribution in [3.8, 4) is 0 Å². The Morgan fingerprint density at radius 2 is 1.77 bits per heavy atom. The summed E-state index contributed by atoms with van der Waals surface area (Å²) in [6, 6.07) is 10.4. The summed E-state index contributed by atoms with van der Waals surface area (Å²) in [6.07, 6.45) is 3.51. The molecule has 0 saturated carbocycles. The molecule has 4 heteroatoms. The second kappa shape index (κ2) is 8.36. The third-order valence-corrected chi connectivity index (χ3v) is 5.39. The van der Waals surface area contributed by atoms with E-state index >= 15 is 0 Å². The van der Waals surface area contributed by atoms with Gasteiger partial charge in [0.05, 0.1) is 18.2 Å². The highest BCUT2D eigenvalue weighted by molar-refractivity contribution is 5.83. The monoisotopic (exact) mass is 356 g/mol. The van der Waals surface area contributed by atoms with E-state index in [9.17, 15) is 4.79 Å². The van der Waals surface area contributed by atoms with Crippen molar-refractivity contribution < 1.29 is 9.53 Å². The van der Waals surface area contributed by atoms with Gasteiger partial charge in [-0.2, -0.15) is 0 Å². The predicted octanol–water partition coefficient (Wildman–Crippen LogP) is 3.44. The van der Waals surface area contributed by atoms with Crippen molar-refractivity contribution in [1.29, 1.82) is 0 Å². The van der Waals surface area contributed by atoms with E-state index in [0.29, 0.717) is 12.5 Å². The Hall–Kier alpha value is -1.65. The number of carbonyl (C=O) groups excluding carboxylic acids is 1. The molecule has 0 N–H and O–H groups in total. The maximum atomic E-state index is 13.3. The molecule has 142 valence electrons. The van der Waals surface area contributed by atoms with Crippen LogP contribution in [0.3, 0.4) is 0 Å². The topological polar surface area (TPSA) is 32.8 Å². The van der Waals surface area contributed by atoms with Crippen molar-refractivity contribution in [2.75, 3.05) is 26.2 Å². The van der Waals surface area contributed by atoms with Crippen molar-refractivity contribution in [2.24, 2.45) is 5.92 Å². The number of morpholine rings is 1. The summed E-state index contributed by atoms with van der Waals surface area (Å²) in [4.78, 5) is 17.7. The maximum absolute atomic E-state index is 13.3. The lowest BCUT2D eigenvalue weighted by Gasteiger charge is -2.43. The third kappa shape index (κ3) is 4.36. The Bertz CT molecular complexity index is 631. The third-order valence-electron chi connectivity index (χ3n) is 5.39. The average Bonchev–Trinajstić information content (AvgIpc) is 2.61. The van der Waals surface area contributed by atoms with Gasteiger partial charge in [-0.25, -0.2) is 0 Å². The van der Waals surface area contributed by atoms with Gasteiger partial charge in [0, 0.05) is 26.2 Å². The quantitative estimate of drug-likeness (QED) is 0.828. The summed E-state index contributed by atoms with van der Waals surface area (Å²) >= 11 is 0. The van der Waals surface area contributed by atoms with E-state index in [0.717, 1.165) is 26.1 Å². The molecule has 1 amide bonds. The zero-order valence-electron chi connectivity index (χ0n) is 16.5. The highest BCUT2D eigenvalue weighted by Gasteiger charge is 2.36. The number of amides is 1. The van der Waals surface area contributed by atoms with Crippen LogP contribution >= 0.6 is 0 Å². The van der Waals surface area contributed by atoms with E-state index in [-0.39, 0.29) is 24.2 Å². The predicted molar refractivity (Wildman–Crippen MR) is 106 cm³/mol. The molecular weight excluding hydrogens is 324 g/mol. The lowest BCUT2D eigenvalue weighted by Crippen LogP contribution is -2.58. The van der Waals surface area contributed by atoms with Gasteiger partial charge < -0.3 is 9.64 Å². The number of nitrogens with zero attached hydrogens (tertiary/aromatic N) is 2.